The Kier molecular flexibility index (Phi) is 3.20. The molecule has 3 nitrogen and oxygen atoms in total. The number of Topliss-reactive ketones (excluding diaryl/α,β-unsaturated/α-hetero) is 1. The number of fused-ring (bicyclic) bond motifs is 1. The largest absolute Gasteiger partial charge is 0.303 e. The van der Waals surface area contributed by atoms with Crippen LogP contribution in [-0.4, -0.2) is 17.7 Å². The first-order chi connectivity index (χ1) is 9.65. The molecule has 1 atom stereocenters. The normalized spacial score (nSPS) is 18.2. The second-order valence-corrected chi connectivity index (χ2v) is 5.09. The fourth-order valence-corrected chi connectivity index (χ4v) is 2.46. The SMILES string of the molecule is Cc1ccc2c(c1)C(c1ccccc1)=NC(N)C(=O)C2. The van der Waals surface area contributed by atoms with Gasteiger partial charge in [-0.2, -0.15) is 0 Å². The van der Waals surface area contributed by atoms with Crippen LogP contribution in [-0.2, 0) is 11.2 Å². The van der Waals surface area contributed by atoms with Gasteiger partial charge in [-0.1, -0.05) is 48.0 Å². The Hall–Kier alpha value is -2.26. The third-order valence-corrected chi connectivity index (χ3v) is 3.53. The first kappa shape index (κ1) is 12.8. The zero-order valence-electron chi connectivity index (χ0n) is 11.3. The summed E-state index contributed by atoms with van der Waals surface area (Å²) in [6.07, 6.45) is -0.436. The number of aryl methyl sites for hydroxylation is 1. The molecule has 0 bridgehead atoms. The van der Waals surface area contributed by atoms with Crippen LogP contribution in [0.5, 0.6) is 0 Å². The highest BCUT2D eigenvalue weighted by Gasteiger charge is 2.23. The minimum absolute atomic E-state index is 0.0407. The van der Waals surface area contributed by atoms with Crippen molar-refractivity contribution in [3.8, 4) is 0 Å². The fraction of sp³-hybridized carbons (Fsp3) is 0.176. The van der Waals surface area contributed by atoms with Gasteiger partial charge < -0.3 is 5.73 Å². The van der Waals surface area contributed by atoms with E-state index in [9.17, 15) is 4.79 Å². The Morgan fingerprint density at radius 3 is 2.65 bits per heavy atom. The maximum atomic E-state index is 12.0. The van der Waals surface area contributed by atoms with Crippen LogP contribution in [0, 0.1) is 6.92 Å². The highest BCUT2D eigenvalue weighted by molar-refractivity contribution is 6.16. The maximum absolute atomic E-state index is 12.0. The monoisotopic (exact) mass is 264 g/mol. The van der Waals surface area contributed by atoms with Crippen LogP contribution in [0.4, 0.5) is 0 Å². The summed E-state index contributed by atoms with van der Waals surface area (Å²) in [6, 6.07) is 16.0. The van der Waals surface area contributed by atoms with E-state index in [1.165, 1.54) is 0 Å². The highest BCUT2D eigenvalue weighted by atomic mass is 16.1. The van der Waals surface area contributed by atoms with Gasteiger partial charge in [0.2, 0.25) is 0 Å². The molecule has 0 spiro atoms. The third-order valence-electron chi connectivity index (χ3n) is 3.53. The highest BCUT2D eigenvalue weighted by Crippen LogP contribution is 2.21. The van der Waals surface area contributed by atoms with Gasteiger partial charge in [0.25, 0.3) is 0 Å². The van der Waals surface area contributed by atoms with Gasteiger partial charge in [-0.25, -0.2) is 0 Å². The van der Waals surface area contributed by atoms with E-state index in [1.807, 2.05) is 49.4 Å². The van der Waals surface area contributed by atoms with Crippen LogP contribution in [0.25, 0.3) is 0 Å². The Morgan fingerprint density at radius 2 is 1.90 bits per heavy atom. The molecule has 0 amide bonds. The van der Waals surface area contributed by atoms with Crippen LogP contribution >= 0.6 is 0 Å². The number of carbonyl (C=O) groups excluding carboxylic acids is 1. The number of nitrogens with zero attached hydrogens (tertiary/aromatic N) is 1. The van der Waals surface area contributed by atoms with E-state index < -0.39 is 6.17 Å². The lowest BCUT2D eigenvalue weighted by atomic mass is 9.94. The quantitative estimate of drug-likeness (QED) is 0.858. The van der Waals surface area contributed by atoms with Gasteiger partial charge in [0.05, 0.1) is 5.71 Å². The third kappa shape index (κ3) is 2.28. The maximum Gasteiger partial charge on any atom is 0.175 e. The second kappa shape index (κ2) is 5.02. The zero-order chi connectivity index (χ0) is 14.1. The topological polar surface area (TPSA) is 55.4 Å². The van der Waals surface area contributed by atoms with E-state index in [0.717, 1.165) is 28.0 Å². The lowest BCUT2D eigenvalue weighted by Crippen LogP contribution is -2.29. The zero-order valence-corrected chi connectivity index (χ0v) is 11.3. The predicted molar refractivity (Wildman–Crippen MR) is 79.9 cm³/mol. The van der Waals surface area contributed by atoms with E-state index in [4.69, 9.17) is 5.73 Å². The van der Waals surface area contributed by atoms with E-state index in [-0.39, 0.29) is 5.78 Å². The van der Waals surface area contributed by atoms with Crippen molar-refractivity contribution in [1.29, 1.82) is 0 Å². The molecule has 2 N–H and O–H groups in total. The van der Waals surface area contributed by atoms with Crippen molar-refractivity contribution in [2.75, 3.05) is 0 Å². The minimum Gasteiger partial charge on any atom is -0.303 e. The molecule has 20 heavy (non-hydrogen) atoms. The van der Waals surface area contributed by atoms with Gasteiger partial charge in [0, 0.05) is 17.5 Å². The molecule has 0 aliphatic carbocycles. The molecule has 0 radical (unpaired) electrons. The summed E-state index contributed by atoms with van der Waals surface area (Å²) in [7, 11) is 0. The Balaban J connectivity index is 2.23. The lowest BCUT2D eigenvalue weighted by Gasteiger charge is -2.10. The molecule has 3 heteroatoms. The van der Waals surface area contributed by atoms with Crippen molar-refractivity contribution >= 4 is 11.5 Å². The molecule has 0 fully saturated rings. The summed E-state index contributed by atoms with van der Waals surface area (Å²) >= 11 is 0. The van der Waals surface area contributed by atoms with Gasteiger partial charge in [0.1, 0.15) is 0 Å². The molecular formula is C17H16N2O. The van der Waals surface area contributed by atoms with Crippen LogP contribution in [0.2, 0.25) is 0 Å². The van der Waals surface area contributed by atoms with Crippen LogP contribution in [0.15, 0.2) is 53.5 Å². The summed E-state index contributed by atoms with van der Waals surface area (Å²) in [4.78, 5) is 16.5. The van der Waals surface area contributed by atoms with Crippen LogP contribution < -0.4 is 5.73 Å². The molecule has 1 aliphatic rings. The summed E-state index contributed by atoms with van der Waals surface area (Å²) in [5.41, 5.74) is 10.8. The predicted octanol–water partition coefficient (Wildman–Crippen LogP) is 2.24. The Morgan fingerprint density at radius 1 is 1.15 bits per heavy atom. The van der Waals surface area contributed by atoms with E-state index >= 15 is 0 Å². The van der Waals surface area contributed by atoms with Gasteiger partial charge >= 0.3 is 0 Å². The number of nitrogens with two attached hydrogens (primary N) is 1. The molecule has 100 valence electrons. The Labute approximate surface area is 118 Å². The first-order valence-electron chi connectivity index (χ1n) is 6.66. The smallest absolute Gasteiger partial charge is 0.175 e. The van der Waals surface area contributed by atoms with Gasteiger partial charge in [-0.05, 0) is 18.6 Å². The molecule has 0 aromatic heterocycles. The number of benzene rings is 2. The molecule has 2 aromatic rings. The van der Waals surface area contributed by atoms with E-state index in [2.05, 4.69) is 11.1 Å². The van der Waals surface area contributed by atoms with Gasteiger partial charge in [0.15, 0.2) is 11.9 Å². The summed E-state index contributed by atoms with van der Waals surface area (Å²) < 4.78 is 0. The Bertz CT molecular complexity index is 689. The minimum atomic E-state index is -0.780. The molecule has 0 saturated heterocycles. The van der Waals surface area contributed by atoms with Crippen molar-refractivity contribution in [3.63, 3.8) is 0 Å². The van der Waals surface area contributed by atoms with Crippen molar-refractivity contribution < 1.29 is 4.79 Å². The first-order valence-corrected chi connectivity index (χ1v) is 6.66. The number of carbonyl (C=O) groups is 1. The number of ketones is 1. The fourth-order valence-electron chi connectivity index (χ4n) is 2.46. The average molecular weight is 264 g/mol. The average Bonchev–Trinajstić information content (AvgIpc) is 2.58. The number of rotatable bonds is 1. The molecule has 2 aromatic carbocycles. The summed E-state index contributed by atoms with van der Waals surface area (Å²) in [6.45, 7) is 2.04. The van der Waals surface area contributed by atoms with E-state index in [1.54, 1.807) is 0 Å². The standard InChI is InChI=1S/C17H16N2O/c1-11-7-8-13-10-15(20)17(18)19-16(14(13)9-11)12-5-3-2-4-6-12/h2-9,17H,10,18H2,1H3. The number of aliphatic imine (C=N–C) groups is 1. The second-order valence-electron chi connectivity index (χ2n) is 5.09. The molecule has 1 heterocycles. The summed E-state index contributed by atoms with van der Waals surface area (Å²) in [5, 5.41) is 0. The summed E-state index contributed by atoms with van der Waals surface area (Å²) in [5.74, 6) is -0.0407. The molecule has 3 rings (SSSR count). The van der Waals surface area contributed by atoms with Crippen LogP contribution in [0.3, 0.4) is 0 Å². The molecule has 1 aliphatic heterocycles. The van der Waals surface area contributed by atoms with Gasteiger partial charge in [-0.3, -0.25) is 9.79 Å². The van der Waals surface area contributed by atoms with Crippen LogP contribution in [0.1, 0.15) is 22.3 Å². The number of hydrogen-bond donors (Lipinski definition) is 1. The molecule has 0 saturated carbocycles. The van der Waals surface area contributed by atoms with Gasteiger partial charge in [-0.15, -0.1) is 0 Å². The van der Waals surface area contributed by atoms with Crippen molar-refractivity contribution in [2.24, 2.45) is 10.7 Å². The van der Waals surface area contributed by atoms with Crippen molar-refractivity contribution in [1.82, 2.24) is 0 Å². The number of hydrogen-bond acceptors (Lipinski definition) is 3. The van der Waals surface area contributed by atoms with Crippen molar-refractivity contribution in [2.45, 2.75) is 19.5 Å². The van der Waals surface area contributed by atoms with Crippen molar-refractivity contribution in [3.05, 3.63) is 70.8 Å². The van der Waals surface area contributed by atoms with E-state index in [0.29, 0.717) is 6.42 Å². The lowest BCUT2D eigenvalue weighted by molar-refractivity contribution is -0.119. The molecular weight excluding hydrogens is 248 g/mol. The molecule has 1 unspecified atom stereocenters.